The van der Waals surface area contributed by atoms with Gasteiger partial charge in [-0.1, -0.05) is 0 Å². The standard InChI is InChI=1S/C12H16N2O2/c1-12(2,3)16-11(15)9-7-8(9)10-13-5-4-6-14-10/h4-6,8-9H,7H2,1-3H3. The fraction of sp³-hybridized carbons (Fsp3) is 0.583. The van der Waals surface area contributed by atoms with Gasteiger partial charge in [0, 0.05) is 18.3 Å². The molecule has 0 aromatic carbocycles. The van der Waals surface area contributed by atoms with E-state index < -0.39 is 5.60 Å². The van der Waals surface area contributed by atoms with Gasteiger partial charge in [-0.2, -0.15) is 0 Å². The van der Waals surface area contributed by atoms with Crippen LogP contribution < -0.4 is 0 Å². The molecule has 1 heterocycles. The Hall–Kier alpha value is -1.45. The van der Waals surface area contributed by atoms with Gasteiger partial charge in [-0.15, -0.1) is 0 Å². The third-order valence-electron chi connectivity index (χ3n) is 2.42. The Morgan fingerprint density at radius 3 is 2.56 bits per heavy atom. The van der Waals surface area contributed by atoms with Crippen molar-refractivity contribution < 1.29 is 9.53 Å². The molecule has 0 bridgehead atoms. The minimum Gasteiger partial charge on any atom is -0.460 e. The summed E-state index contributed by atoms with van der Waals surface area (Å²) in [6.45, 7) is 5.63. The molecule has 1 aliphatic carbocycles. The van der Waals surface area contributed by atoms with Gasteiger partial charge in [-0.3, -0.25) is 4.79 Å². The monoisotopic (exact) mass is 220 g/mol. The van der Waals surface area contributed by atoms with Crippen LogP contribution in [-0.2, 0) is 9.53 Å². The number of hydrogen-bond donors (Lipinski definition) is 0. The lowest BCUT2D eigenvalue weighted by Crippen LogP contribution is -2.25. The second-order valence-corrected chi connectivity index (χ2v) is 5.09. The lowest BCUT2D eigenvalue weighted by molar-refractivity contribution is -0.156. The average Bonchev–Trinajstić information content (AvgIpc) is 2.96. The number of ether oxygens (including phenoxy) is 1. The molecule has 0 amide bonds. The highest BCUT2D eigenvalue weighted by Gasteiger charge is 2.48. The molecule has 0 radical (unpaired) electrons. The zero-order chi connectivity index (χ0) is 11.8. The van der Waals surface area contributed by atoms with Crippen LogP contribution in [0, 0.1) is 5.92 Å². The van der Waals surface area contributed by atoms with E-state index in [0.717, 1.165) is 12.2 Å². The van der Waals surface area contributed by atoms with Crippen LogP contribution in [0.5, 0.6) is 0 Å². The summed E-state index contributed by atoms with van der Waals surface area (Å²) in [5.74, 6) is 0.709. The lowest BCUT2D eigenvalue weighted by atomic mass is 10.2. The predicted molar refractivity (Wildman–Crippen MR) is 58.7 cm³/mol. The van der Waals surface area contributed by atoms with Crippen LogP contribution in [0.2, 0.25) is 0 Å². The topological polar surface area (TPSA) is 52.1 Å². The quantitative estimate of drug-likeness (QED) is 0.714. The van der Waals surface area contributed by atoms with Gasteiger partial charge < -0.3 is 4.74 Å². The molecular weight excluding hydrogens is 204 g/mol. The number of carbonyl (C=O) groups excluding carboxylic acids is 1. The molecular formula is C12H16N2O2. The molecule has 1 aliphatic rings. The molecule has 0 N–H and O–H groups in total. The predicted octanol–water partition coefficient (Wildman–Crippen LogP) is 1.92. The maximum Gasteiger partial charge on any atom is 0.310 e. The van der Waals surface area contributed by atoms with E-state index in [-0.39, 0.29) is 17.8 Å². The third-order valence-corrected chi connectivity index (χ3v) is 2.42. The van der Waals surface area contributed by atoms with Gasteiger partial charge >= 0.3 is 5.97 Å². The SMILES string of the molecule is CC(C)(C)OC(=O)C1CC1c1ncccn1. The van der Waals surface area contributed by atoms with Crippen LogP contribution in [0.3, 0.4) is 0 Å². The highest BCUT2D eigenvalue weighted by atomic mass is 16.6. The van der Waals surface area contributed by atoms with Gasteiger partial charge in [-0.05, 0) is 33.3 Å². The number of esters is 1. The smallest absolute Gasteiger partial charge is 0.310 e. The van der Waals surface area contributed by atoms with E-state index in [0.29, 0.717) is 0 Å². The average molecular weight is 220 g/mol. The van der Waals surface area contributed by atoms with Crippen LogP contribution in [-0.4, -0.2) is 21.5 Å². The molecule has 2 unspecified atom stereocenters. The Labute approximate surface area is 95.1 Å². The number of aromatic nitrogens is 2. The molecule has 1 aromatic rings. The van der Waals surface area contributed by atoms with E-state index in [1.807, 2.05) is 20.8 Å². The van der Waals surface area contributed by atoms with Crippen molar-refractivity contribution in [3.63, 3.8) is 0 Å². The van der Waals surface area contributed by atoms with E-state index >= 15 is 0 Å². The van der Waals surface area contributed by atoms with Crippen molar-refractivity contribution >= 4 is 5.97 Å². The van der Waals surface area contributed by atoms with Crippen molar-refractivity contribution in [2.24, 2.45) is 5.92 Å². The molecule has 16 heavy (non-hydrogen) atoms. The molecule has 1 saturated carbocycles. The second-order valence-electron chi connectivity index (χ2n) is 5.09. The van der Waals surface area contributed by atoms with E-state index in [2.05, 4.69) is 9.97 Å². The molecule has 86 valence electrons. The van der Waals surface area contributed by atoms with Gasteiger partial charge in [-0.25, -0.2) is 9.97 Å². The molecule has 1 fully saturated rings. The maximum absolute atomic E-state index is 11.7. The summed E-state index contributed by atoms with van der Waals surface area (Å²) in [4.78, 5) is 20.0. The first-order chi connectivity index (χ1) is 7.47. The number of carbonyl (C=O) groups is 1. The fourth-order valence-electron chi connectivity index (χ4n) is 1.62. The van der Waals surface area contributed by atoms with Crippen molar-refractivity contribution in [3.8, 4) is 0 Å². The van der Waals surface area contributed by atoms with Crippen molar-refractivity contribution in [2.75, 3.05) is 0 Å². The number of nitrogens with zero attached hydrogens (tertiary/aromatic N) is 2. The molecule has 0 saturated heterocycles. The summed E-state index contributed by atoms with van der Waals surface area (Å²) in [6, 6.07) is 1.77. The summed E-state index contributed by atoms with van der Waals surface area (Å²) in [6.07, 6.45) is 4.21. The number of rotatable bonds is 2. The molecule has 0 spiro atoms. The van der Waals surface area contributed by atoms with Crippen LogP contribution in [0.1, 0.15) is 38.9 Å². The molecule has 2 rings (SSSR count). The van der Waals surface area contributed by atoms with Gasteiger partial charge in [0.1, 0.15) is 11.4 Å². The summed E-state index contributed by atoms with van der Waals surface area (Å²) in [5, 5.41) is 0. The maximum atomic E-state index is 11.7. The van der Waals surface area contributed by atoms with Gasteiger partial charge in [0.25, 0.3) is 0 Å². The fourth-order valence-corrected chi connectivity index (χ4v) is 1.62. The van der Waals surface area contributed by atoms with E-state index in [1.165, 1.54) is 0 Å². The summed E-state index contributed by atoms with van der Waals surface area (Å²) in [7, 11) is 0. The van der Waals surface area contributed by atoms with Gasteiger partial charge in [0.05, 0.1) is 5.92 Å². The highest BCUT2D eigenvalue weighted by Crippen LogP contribution is 2.47. The van der Waals surface area contributed by atoms with Crippen molar-refractivity contribution in [1.82, 2.24) is 9.97 Å². The lowest BCUT2D eigenvalue weighted by Gasteiger charge is -2.19. The molecule has 4 nitrogen and oxygen atoms in total. The van der Waals surface area contributed by atoms with Crippen molar-refractivity contribution in [1.29, 1.82) is 0 Å². The van der Waals surface area contributed by atoms with Crippen LogP contribution in [0.25, 0.3) is 0 Å². The Kier molecular flexibility index (Phi) is 2.66. The van der Waals surface area contributed by atoms with E-state index in [1.54, 1.807) is 18.5 Å². The Bertz CT molecular complexity index is 384. The molecule has 2 atom stereocenters. The Balaban J connectivity index is 1.95. The minimum absolute atomic E-state index is 0.0541. The number of hydrogen-bond acceptors (Lipinski definition) is 4. The highest BCUT2D eigenvalue weighted by molar-refractivity contribution is 5.77. The normalized spacial score (nSPS) is 23.9. The molecule has 4 heteroatoms. The Morgan fingerprint density at radius 1 is 1.38 bits per heavy atom. The van der Waals surface area contributed by atoms with E-state index in [4.69, 9.17) is 4.74 Å². The molecule has 0 aliphatic heterocycles. The largest absolute Gasteiger partial charge is 0.460 e. The van der Waals surface area contributed by atoms with Crippen LogP contribution >= 0.6 is 0 Å². The van der Waals surface area contributed by atoms with Crippen LogP contribution in [0.4, 0.5) is 0 Å². The zero-order valence-electron chi connectivity index (χ0n) is 9.80. The zero-order valence-corrected chi connectivity index (χ0v) is 9.80. The van der Waals surface area contributed by atoms with E-state index in [9.17, 15) is 4.79 Å². The Morgan fingerprint density at radius 2 is 2.00 bits per heavy atom. The first kappa shape index (κ1) is 11.0. The first-order valence-electron chi connectivity index (χ1n) is 5.47. The van der Waals surface area contributed by atoms with Gasteiger partial charge in [0.15, 0.2) is 0 Å². The summed E-state index contributed by atoms with van der Waals surface area (Å²) in [5.41, 5.74) is -0.415. The minimum atomic E-state index is -0.415. The third kappa shape index (κ3) is 2.56. The molecule has 1 aromatic heterocycles. The van der Waals surface area contributed by atoms with Crippen molar-refractivity contribution in [2.45, 2.75) is 38.7 Å². The first-order valence-corrected chi connectivity index (χ1v) is 5.47. The van der Waals surface area contributed by atoms with Crippen molar-refractivity contribution in [3.05, 3.63) is 24.3 Å². The second kappa shape index (κ2) is 3.85. The van der Waals surface area contributed by atoms with Gasteiger partial charge in [0.2, 0.25) is 0 Å². The van der Waals surface area contributed by atoms with Crippen LogP contribution in [0.15, 0.2) is 18.5 Å². The summed E-state index contributed by atoms with van der Waals surface area (Å²) < 4.78 is 5.32. The summed E-state index contributed by atoms with van der Waals surface area (Å²) >= 11 is 0.